The van der Waals surface area contributed by atoms with Gasteiger partial charge in [-0.2, -0.15) is 17.5 Å². The highest BCUT2D eigenvalue weighted by Crippen LogP contribution is 2.31. The maximum absolute atomic E-state index is 12.6. The average Bonchev–Trinajstić information content (AvgIpc) is 2.60. The van der Waals surface area contributed by atoms with Gasteiger partial charge in [0.1, 0.15) is 0 Å². The third kappa shape index (κ3) is 6.39. The van der Waals surface area contributed by atoms with E-state index in [4.69, 9.17) is 5.73 Å². The van der Waals surface area contributed by atoms with Gasteiger partial charge in [-0.1, -0.05) is 12.1 Å². The molecule has 7 nitrogen and oxygen atoms in total. The van der Waals surface area contributed by atoms with Gasteiger partial charge in [-0.05, 0) is 30.9 Å². The van der Waals surface area contributed by atoms with Gasteiger partial charge in [0.15, 0.2) is 11.7 Å². The molecule has 1 heterocycles. The third-order valence-electron chi connectivity index (χ3n) is 4.10. The number of piperidine rings is 1. The van der Waals surface area contributed by atoms with Crippen molar-refractivity contribution in [3.8, 4) is 5.75 Å². The lowest BCUT2D eigenvalue weighted by molar-refractivity contribution is -0.274. The minimum Gasteiger partial charge on any atom is -0.404 e. The SMILES string of the molecule is NC(=NCC1CCN(S(=O)(=O)C(F)(F)F)CC1)Nc1ccccc1OC(F)(F)F. The van der Waals surface area contributed by atoms with Crippen LogP contribution in [0.3, 0.4) is 0 Å². The number of rotatable bonds is 5. The fraction of sp³-hybridized carbons (Fsp3) is 0.533. The summed E-state index contributed by atoms with van der Waals surface area (Å²) in [5.74, 6) is -0.950. The molecule has 0 saturated carbocycles. The molecule has 1 aliphatic heterocycles. The molecule has 0 aromatic heterocycles. The number of hydrogen-bond donors (Lipinski definition) is 2. The number of sulfonamides is 1. The highest BCUT2D eigenvalue weighted by molar-refractivity contribution is 7.90. The van der Waals surface area contributed by atoms with E-state index in [2.05, 4.69) is 15.0 Å². The van der Waals surface area contributed by atoms with Crippen molar-refractivity contribution in [3.63, 3.8) is 0 Å². The molecule has 1 aromatic carbocycles. The van der Waals surface area contributed by atoms with E-state index < -0.39 is 27.6 Å². The van der Waals surface area contributed by atoms with Gasteiger partial charge < -0.3 is 15.8 Å². The molecule has 29 heavy (non-hydrogen) atoms. The van der Waals surface area contributed by atoms with Crippen molar-refractivity contribution < 1.29 is 39.5 Å². The van der Waals surface area contributed by atoms with Crippen molar-refractivity contribution in [2.24, 2.45) is 16.6 Å². The number of hydrogen-bond acceptors (Lipinski definition) is 4. The van der Waals surface area contributed by atoms with Crippen LogP contribution in [0.1, 0.15) is 12.8 Å². The molecule has 3 N–H and O–H groups in total. The number of aliphatic imine (C=N–C) groups is 1. The summed E-state index contributed by atoms with van der Waals surface area (Å²) in [5.41, 5.74) is 0.235. The fourth-order valence-electron chi connectivity index (χ4n) is 2.67. The summed E-state index contributed by atoms with van der Waals surface area (Å²) >= 11 is 0. The number of guanidine groups is 1. The summed E-state index contributed by atoms with van der Waals surface area (Å²) in [7, 11) is -5.36. The van der Waals surface area contributed by atoms with E-state index in [1.807, 2.05) is 0 Å². The zero-order valence-corrected chi connectivity index (χ0v) is 15.6. The summed E-state index contributed by atoms with van der Waals surface area (Å²) in [4.78, 5) is 3.97. The van der Waals surface area contributed by atoms with Gasteiger partial charge in [0.05, 0.1) is 5.69 Å². The Morgan fingerprint density at radius 1 is 1.17 bits per heavy atom. The largest absolute Gasteiger partial charge is 0.573 e. The molecule has 0 aliphatic carbocycles. The second kappa shape index (κ2) is 8.65. The number of para-hydroxylation sites is 2. The van der Waals surface area contributed by atoms with E-state index in [1.54, 1.807) is 0 Å². The van der Waals surface area contributed by atoms with Crippen LogP contribution in [0.25, 0.3) is 0 Å². The number of anilines is 1. The summed E-state index contributed by atoms with van der Waals surface area (Å²) < 4.78 is 102. The molecule has 1 fully saturated rings. The molecular formula is C15H18F6N4O3S. The molecule has 0 unspecified atom stereocenters. The Morgan fingerprint density at radius 2 is 1.76 bits per heavy atom. The molecule has 2 rings (SSSR count). The molecule has 0 spiro atoms. The summed E-state index contributed by atoms with van der Waals surface area (Å²) in [6.07, 6.45) is -4.62. The van der Waals surface area contributed by atoms with Crippen LogP contribution in [-0.4, -0.2) is 50.2 Å². The average molecular weight is 448 g/mol. The van der Waals surface area contributed by atoms with Crippen LogP contribution >= 0.6 is 0 Å². The van der Waals surface area contributed by atoms with Crippen molar-refractivity contribution in [1.29, 1.82) is 0 Å². The summed E-state index contributed by atoms with van der Waals surface area (Å²) in [6, 6.07) is 5.17. The second-order valence-electron chi connectivity index (χ2n) is 6.19. The van der Waals surface area contributed by atoms with E-state index in [-0.39, 0.29) is 50.0 Å². The Balaban J connectivity index is 1.93. The molecule has 0 amide bonds. The van der Waals surface area contributed by atoms with E-state index in [1.165, 1.54) is 18.2 Å². The lowest BCUT2D eigenvalue weighted by Gasteiger charge is -2.30. The number of nitrogens with one attached hydrogen (secondary N) is 1. The van der Waals surface area contributed by atoms with Crippen LogP contribution in [-0.2, 0) is 10.0 Å². The van der Waals surface area contributed by atoms with Crippen LogP contribution in [0.2, 0.25) is 0 Å². The lowest BCUT2D eigenvalue weighted by atomic mass is 9.98. The molecule has 1 saturated heterocycles. The Kier molecular flexibility index (Phi) is 6.88. The Morgan fingerprint density at radius 3 is 2.31 bits per heavy atom. The van der Waals surface area contributed by atoms with Crippen molar-refractivity contribution in [1.82, 2.24) is 4.31 Å². The zero-order valence-electron chi connectivity index (χ0n) is 14.8. The number of benzene rings is 1. The second-order valence-corrected chi connectivity index (χ2v) is 8.12. The highest BCUT2D eigenvalue weighted by atomic mass is 32.2. The van der Waals surface area contributed by atoms with Crippen LogP contribution in [0.5, 0.6) is 5.75 Å². The van der Waals surface area contributed by atoms with Crippen LogP contribution in [0.4, 0.5) is 32.0 Å². The maximum atomic E-state index is 12.6. The van der Waals surface area contributed by atoms with Gasteiger partial charge >= 0.3 is 21.9 Å². The number of nitrogens with two attached hydrogens (primary N) is 1. The highest BCUT2D eigenvalue weighted by Gasteiger charge is 2.50. The van der Waals surface area contributed by atoms with Crippen LogP contribution < -0.4 is 15.8 Å². The fourth-order valence-corrected chi connectivity index (χ4v) is 3.65. The first-order valence-electron chi connectivity index (χ1n) is 8.28. The third-order valence-corrected chi connectivity index (χ3v) is 5.73. The van der Waals surface area contributed by atoms with Crippen LogP contribution in [0.15, 0.2) is 29.3 Å². The molecule has 0 radical (unpaired) electrons. The number of halogens is 6. The van der Waals surface area contributed by atoms with Gasteiger partial charge in [-0.25, -0.2) is 8.42 Å². The van der Waals surface area contributed by atoms with Gasteiger partial charge in [-0.15, -0.1) is 13.2 Å². The Hall–Kier alpha value is -2.22. The number of alkyl halides is 6. The minimum atomic E-state index is -5.36. The number of nitrogens with zero attached hydrogens (tertiary/aromatic N) is 2. The number of ether oxygens (including phenoxy) is 1. The first-order valence-corrected chi connectivity index (χ1v) is 9.72. The van der Waals surface area contributed by atoms with E-state index >= 15 is 0 Å². The maximum Gasteiger partial charge on any atom is 0.573 e. The summed E-state index contributed by atoms with van der Waals surface area (Å²) in [6.45, 7) is -0.545. The molecule has 1 aliphatic rings. The van der Waals surface area contributed by atoms with Crippen molar-refractivity contribution in [3.05, 3.63) is 24.3 Å². The van der Waals surface area contributed by atoms with Crippen molar-refractivity contribution in [2.45, 2.75) is 24.7 Å². The zero-order chi connectivity index (χ0) is 21.9. The van der Waals surface area contributed by atoms with E-state index in [0.717, 1.165) is 6.07 Å². The molecule has 1 aromatic rings. The predicted octanol–water partition coefficient (Wildman–Crippen LogP) is 2.87. The Bertz CT molecular complexity index is 833. The minimum absolute atomic E-state index is 0.0705. The first kappa shape index (κ1) is 23.1. The molecule has 0 atom stereocenters. The Labute approximate surface area is 162 Å². The molecule has 14 heteroatoms. The molecular weight excluding hydrogens is 430 g/mol. The van der Waals surface area contributed by atoms with Gasteiger partial charge in [-0.3, -0.25) is 4.99 Å². The molecule has 0 bridgehead atoms. The monoisotopic (exact) mass is 448 g/mol. The lowest BCUT2D eigenvalue weighted by Crippen LogP contribution is -2.45. The predicted molar refractivity (Wildman–Crippen MR) is 92.5 cm³/mol. The van der Waals surface area contributed by atoms with Crippen molar-refractivity contribution in [2.75, 3.05) is 25.0 Å². The smallest absolute Gasteiger partial charge is 0.404 e. The molecule has 164 valence electrons. The quantitative estimate of drug-likeness (QED) is 0.410. The van der Waals surface area contributed by atoms with E-state index in [9.17, 15) is 34.8 Å². The van der Waals surface area contributed by atoms with Crippen LogP contribution in [0, 0.1) is 5.92 Å². The van der Waals surface area contributed by atoms with E-state index in [0.29, 0.717) is 4.31 Å². The topological polar surface area (TPSA) is 97.0 Å². The van der Waals surface area contributed by atoms with Gasteiger partial charge in [0.2, 0.25) is 0 Å². The normalized spacial score (nSPS) is 17.9. The first-order chi connectivity index (χ1) is 13.3. The van der Waals surface area contributed by atoms with Gasteiger partial charge in [0.25, 0.3) is 0 Å². The standard InChI is InChI=1S/C15H18F6N4O3S/c16-14(17,18)28-12-4-2-1-3-11(12)24-13(22)23-9-10-5-7-25(8-6-10)29(26,27)15(19,20)21/h1-4,10H,5-9H2,(H3,22,23,24). The summed E-state index contributed by atoms with van der Waals surface area (Å²) in [5, 5.41) is 2.47. The van der Waals surface area contributed by atoms with Gasteiger partial charge in [0, 0.05) is 19.6 Å². The van der Waals surface area contributed by atoms with Crippen molar-refractivity contribution >= 4 is 21.7 Å².